The number of rotatable bonds is 8. The standard InChI is InChI=1S/C27H33N3O5/c1-29(2)16-24(26(33)30-14-8-7-9-18(30)15-25(31)32)28-27(34)35-17-23-21-12-5-3-10-19(21)20-11-4-6-13-22(20)23/h3-6,10-13,18,23-24H,7-9,14-17H2,1-2H3,(H,28,34)(H,31,32)/t18-,24?/m1/s1. The molecule has 0 saturated carbocycles. The number of nitrogens with zero attached hydrogens (tertiary/aromatic N) is 2. The number of likely N-dealkylation sites (N-methyl/N-ethyl adjacent to an activating group) is 1. The molecule has 2 N–H and O–H groups in total. The summed E-state index contributed by atoms with van der Waals surface area (Å²) in [5.74, 6) is -1.26. The van der Waals surface area contributed by atoms with Gasteiger partial charge in [0.15, 0.2) is 0 Å². The number of alkyl carbamates (subject to hydrolysis) is 1. The highest BCUT2D eigenvalue weighted by Gasteiger charge is 2.35. The molecule has 35 heavy (non-hydrogen) atoms. The Morgan fingerprint density at radius 2 is 1.69 bits per heavy atom. The van der Waals surface area contributed by atoms with Gasteiger partial charge < -0.3 is 25.0 Å². The molecule has 0 spiro atoms. The Balaban J connectivity index is 1.44. The van der Waals surface area contributed by atoms with Gasteiger partial charge >= 0.3 is 12.1 Å². The number of carboxylic acid groups (broad SMARTS) is 1. The van der Waals surface area contributed by atoms with E-state index in [1.807, 2.05) is 43.3 Å². The van der Waals surface area contributed by atoms with Crippen LogP contribution in [0.15, 0.2) is 48.5 Å². The lowest BCUT2D eigenvalue weighted by Crippen LogP contribution is -2.56. The number of benzene rings is 2. The zero-order valence-electron chi connectivity index (χ0n) is 20.3. The number of aliphatic carboxylic acids is 1. The predicted octanol–water partition coefficient (Wildman–Crippen LogP) is 3.31. The first kappa shape index (κ1) is 24.7. The van der Waals surface area contributed by atoms with Crippen molar-refractivity contribution in [1.82, 2.24) is 15.1 Å². The highest BCUT2D eigenvalue weighted by atomic mass is 16.5. The van der Waals surface area contributed by atoms with E-state index in [9.17, 15) is 19.5 Å². The molecule has 8 nitrogen and oxygen atoms in total. The van der Waals surface area contributed by atoms with E-state index in [4.69, 9.17) is 4.74 Å². The van der Waals surface area contributed by atoms with Crippen LogP contribution in [-0.4, -0.2) is 78.8 Å². The van der Waals surface area contributed by atoms with Crippen molar-refractivity contribution in [2.45, 2.75) is 43.7 Å². The second-order valence-corrected chi connectivity index (χ2v) is 9.56. The summed E-state index contributed by atoms with van der Waals surface area (Å²) in [6, 6.07) is 15.0. The lowest BCUT2D eigenvalue weighted by atomic mass is 9.98. The number of nitrogens with one attached hydrogen (secondary N) is 1. The maximum absolute atomic E-state index is 13.4. The third kappa shape index (κ3) is 5.65. The molecule has 4 rings (SSSR count). The van der Waals surface area contributed by atoms with Crippen LogP contribution in [-0.2, 0) is 14.3 Å². The number of likely N-dealkylation sites (tertiary alicyclic amines) is 1. The fraction of sp³-hybridized carbons (Fsp3) is 0.444. The number of amides is 2. The Labute approximate surface area is 205 Å². The molecule has 1 heterocycles. The Kier molecular flexibility index (Phi) is 7.70. The smallest absolute Gasteiger partial charge is 0.407 e. The fourth-order valence-electron chi connectivity index (χ4n) is 5.24. The Morgan fingerprint density at radius 1 is 1.06 bits per heavy atom. The molecule has 1 unspecified atom stereocenters. The largest absolute Gasteiger partial charge is 0.481 e. The lowest BCUT2D eigenvalue weighted by molar-refractivity contribution is -0.143. The summed E-state index contributed by atoms with van der Waals surface area (Å²) in [4.78, 5) is 41.0. The second kappa shape index (κ2) is 10.9. The van der Waals surface area contributed by atoms with Crippen LogP contribution in [0.25, 0.3) is 11.1 Å². The Hall–Kier alpha value is -3.39. The van der Waals surface area contributed by atoms with Crippen molar-refractivity contribution in [2.24, 2.45) is 0 Å². The lowest BCUT2D eigenvalue weighted by Gasteiger charge is -2.37. The van der Waals surface area contributed by atoms with Crippen LogP contribution >= 0.6 is 0 Å². The van der Waals surface area contributed by atoms with Crippen LogP contribution in [0.1, 0.15) is 42.7 Å². The van der Waals surface area contributed by atoms with Gasteiger partial charge in [-0.3, -0.25) is 9.59 Å². The van der Waals surface area contributed by atoms with Crippen molar-refractivity contribution in [3.8, 4) is 11.1 Å². The average molecular weight is 480 g/mol. The Morgan fingerprint density at radius 3 is 2.29 bits per heavy atom. The first-order valence-corrected chi connectivity index (χ1v) is 12.1. The van der Waals surface area contributed by atoms with Crippen LogP contribution in [0.5, 0.6) is 0 Å². The van der Waals surface area contributed by atoms with Gasteiger partial charge in [-0.2, -0.15) is 0 Å². The molecule has 2 atom stereocenters. The van der Waals surface area contributed by atoms with E-state index in [2.05, 4.69) is 29.6 Å². The van der Waals surface area contributed by atoms with E-state index in [1.165, 1.54) is 0 Å². The van der Waals surface area contributed by atoms with E-state index in [0.717, 1.165) is 35.1 Å². The number of hydrogen-bond donors (Lipinski definition) is 2. The second-order valence-electron chi connectivity index (χ2n) is 9.56. The summed E-state index contributed by atoms with van der Waals surface area (Å²) >= 11 is 0. The maximum atomic E-state index is 13.4. The zero-order chi connectivity index (χ0) is 24.9. The van der Waals surface area contributed by atoms with Gasteiger partial charge in [-0.25, -0.2) is 4.79 Å². The van der Waals surface area contributed by atoms with Gasteiger partial charge in [0.2, 0.25) is 5.91 Å². The number of carbonyl (C=O) groups excluding carboxylic acids is 2. The van der Waals surface area contributed by atoms with Crippen LogP contribution in [0, 0.1) is 0 Å². The van der Waals surface area contributed by atoms with Gasteiger partial charge in [-0.1, -0.05) is 48.5 Å². The quantitative estimate of drug-likeness (QED) is 0.603. The summed E-state index contributed by atoms with van der Waals surface area (Å²) < 4.78 is 5.65. The third-order valence-corrected chi connectivity index (χ3v) is 6.80. The normalized spacial score (nSPS) is 18.0. The molecule has 1 fully saturated rings. The van der Waals surface area contributed by atoms with E-state index >= 15 is 0 Å². The van der Waals surface area contributed by atoms with Crippen molar-refractivity contribution < 1.29 is 24.2 Å². The number of piperidine rings is 1. The minimum Gasteiger partial charge on any atom is -0.481 e. The van der Waals surface area contributed by atoms with E-state index in [1.54, 1.807) is 4.90 Å². The fourth-order valence-corrected chi connectivity index (χ4v) is 5.24. The number of ether oxygens (including phenoxy) is 1. The molecule has 2 amide bonds. The average Bonchev–Trinajstić information content (AvgIpc) is 3.15. The molecule has 2 aliphatic rings. The minimum atomic E-state index is -0.927. The van der Waals surface area contributed by atoms with Gasteiger partial charge in [0, 0.05) is 25.0 Å². The maximum Gasteiger partial charge on any atom is 0.407 e. The van der Waals surface area contributed by atoms with Crippen molar-refractivity contribution in [3.05, 3.63) is 59.7 Å². The summed E-state index contributed by atoms with van der Waals surface area (Å²) in [7, 11) is 3.65. The van der Waals surface area contributed by atoms with Crippen molar-refractivity contribution >= 4 is 18.0 Å². The molecule has 2 aromatic rings. The van der Waals surface area contributed by atoms with Crippen molar-refractivity contribution in [3.63, 3.8) is 0 Å². The summed E-state index contributed by atoms with van der Waals surface area (Å²) in [6.45, 7) is 0.945. The first-order valence-electron chi connectivity index (χ1n) is 12.1. The number of fused-ring (bicyclic) bond motifs is 3. The minimum absolute atomic E-state index is 0.0711. The number of hydrogen-bond acceptors (Lipinski definition) is 5. The molecular formula is C27H33N3O5. The molecule has 0 aromatic heterocycles. The molecular weight excluding hydrogens is 446 g/mol. The molecule has 2 aromatic carbocycles. The van der Waals surface area contributed by atoms with Gasteiger partial charge in [-0.15, -0.1) is 0 Å². The van der Waals surface area contributed by atoms with E-state index in [0.29, 0.717) is 19.5 Å². The zero-order valence-corrected chi connectivity index (χ0v) is 20.3. The van der Waals surface area contributed by atoms with Crippen LogP contribution in [0.4, 0.5) is 4.79 Å². The van der Waals surface area contributed by atoms with Gasteiger partial charge in [0.25, 0.3) is 0 Å². The summed E-state index contributed by atoms with van der Waals surface area (Å²) in [5, 5.41) is 12.0. The molecule has 186 valence electrons. The van der Waals surface area contributed by atoms with Crippen LogP contribution in [0.2, 0.25) is 0 Å². The first-order chi connectivity index (χ1) is 16.8. The van der Waals surface area contributed by atoms with Gasteiger partial charge in [-0.05, 0) is 55.6 Å². The highest BCUT2D eigenvalue weighted by Crippen LogP contribution is 2.44. The van der Waals surface area contributed by atoms with Crippen LogP contribution in [0.3, 0.4) is 0 Å². The summed E-state index contributed by atoms with van der Waals surface area (Å²) in [5.41, 5.74) is 4.53. The molecule has 0 radical (unpaired) electrons. The SMILES string of the molecule is CN(C)CC(NC(=O)OCC1c2ccccc2-c2ccccc21)C(=O)N1CCCC[C@@H]1CC(=O)O. The number of carbonyl (C=O) groups is 3. The van der Waals surface area contributed by atoms with Crippen molar-refractivity contribution in [2.75, 3.05) is 33.8 Å². The Bertz CT molecular complexity index is 1040. The van der Waals surface area contributed by atoms with Gasteiger partial charge in [0.1, 0.15) is 12.6 Å². The van der Waals surface area contributed by atoms with E-state index in [-0.39, 0.29) is 30.9 Å². The molecule has 1 saturated heterocycles. The highest BCUT2D eigenvalue weighted by molar-refractivity contribution is 5.87. The molecule has 1 aliphatic heterocycles. The topological polar surface area (TPSA) is 99.2 Å². The molecule has 0 bridgehead atoms. The predicted molar refractivity (Wildman–Crippen MR) is 132 cm³/mol. The van der Waals surface area contributed by atoms with Crippen LogP contribution < -0.4 is 5.32 Å². The van der Waals surface area contributed by atoms with E-state index < -0.39 is 18.1 Å². The molecule has 8 heteroatoms. The van der Waals surface area contributed by atoms with Gasteiger partial charge in [0.05, 0.1) is 6.42 Å². The van der Waals surface area contributed by atoms with Crippen molar-refractivity contribution in [1.29, 1.82) is 0 Å². The third-order valence-electron chi connectivity index (χ3n) is 6.80. The summed E-state index contributed by atoms with van der Waals surface area (Å²) in [6.07, 6.45) is 1.61. The molecule has 1 aliphatic carbocycles. The monoisotopic (exact) mass is 479 g/mol. The number of carboxylic acids is 1.